The van der Waals surface area contributed by atoms with Gasteiger partial charge in [0.05, 0.1) is 12.7 Å². The van der Waals surface area contributed by atoms with Crippen LogP contribution in [0.1, 0.15) is 26.2 Å². The van der Waals surface area contributed by atoms with E-state index in [1.165, 1.54) is 6.42 Å². The van der Waals surface area contributed by atoms with Gasteiger partial charge in [0.15, 0.2) is 0 Å². The molecule has 2 heterocycles. The molecule has 0 radical (unpaired) electrons. The lowest BCUT2D eigenvalue weighted by molar-refractivity contribution is -0.0127. The molecule has 2 aliphatic heterocycles. The normalized spacial score (nSPS) is 37.2. The highest BCUT2D eigenvalue weighted by molar-refractivity contribution is 4.89. The molecule has 2 N–H and O–H groups in total. The van der Waals surface area contributed by atoms with Gasteiger partial charge in [-0.25, -0.2) is 0 Å². The Morgan fingerprint density at radius 3 is 2.88 bits per heavy atom. The fourth-order valence-electron chi connectivity index (χ4n) is 3.22. The number of rotatable bonds is 4. The summed E-state index contributed by atoms with van der Waals surface area (Å²) < 4.78 is 11.0. The lowest BCUT2D eigenvalue weighted by Gasteiger charge is -2.43. The van der Waals surface area contributed by atoms with Crippen molar-refractivity contribution in [2.45, 2.75) is 44.4 Å². The summed E-state index contributed by atoms with van der Waals surface area (Å²) in [6.45, 7) is 6.02. The molecule has 0 amide bonds. The van der Waals surface area contributed by atoms with Gasteiger partial charge in [-0.3, -0.25) is 4.90 Å². The maximum absolute atomic E-state index is 5.92. The molecular formula is C13H26N2O2. The van der Waals surface area contributed by atoms with Crippen LogP contribution in [0.5, 0.6) is 0 Å². The van der Waals surface area contributed by atoms with Crippen molar-refractivity contribution in [1.82, 2.24) is 4.90 Å². The Morgan fingerprint density at radius 2 is 2.29 bits per heavy atom. The third-order valence-electron chi connectivity index (χ3n) is 4.49. The van der Waals surface area contributed by atoms with E-state index < -0.39 is 0 Å². The van der Waals surface area contributed by atoms with E-state index in [1.807, 2.05) is 7.11 Å². The second kappa shape index (κ2) is 6.14. The first-order valence-corrected chi connectivity index (χ1v) is 6.82. The molecule has 0 aliphatic carbocycles. The Kier molecular flexibility index (Phi) is 4.79. The average molecular weight is 242 g/mol. The van der Waals surface area contributed by atoms with Gasteiger partial charge in [-0.15, -0.1) is 0 Å². The van der Waals surface area contributed by atoms with Crippen molar-refractivity contribution >= 4 is 0 Å². The SMILES string of the molecule is COC1CCN(C(C)C2CCOC2)C(CN)C1. The second-order valence-electron chi connectivity index (χ2n) is 5.37. The van der Waals surface area contributed by atoms with Crippen LogP contribution in [-0.2, 0) is 9.47 Å². The van der Waals surface area contributed by atoms with Crippen LogP contribution >= 0.6 is 0 Å². The zero-order chi connectivity index (χ0) is 12.3. The highest BCUT2D eigenvalue weighted by Crippen LogP contribution is 2.27. The Labute approximate surface area is 104 Å². The molecular weight excluding hydrogens is 216 g/mol. The standard InChI is InChI=1S/C13H26N2O2/c1-10(11-4-6-17-9-11)15-5-3-13(16-2)7-12(15)8-14/h10-13H,3-9,14H2,1-2H3. The zero-order valence-corrected chi connectivity index (χ0v) is 11.1. The Morgan fingerprint density at radius 1 is 1.47 bits per heavy atom. The van der Waals surface area contributed by atoms with E-state index in [9.17, 15) is 0 Å². The van der Waals surface area contributed by atoms with Crippen molar-refractivity contribution in [3.8, 4) is 0 Å². The molecule has 0 aromatic carbocycles. The van der Waals surface area contributed by atoms with Gasteiger partial charge in [0.2, 0.25) is 0 Å². The summed E-state index contributed by atoms with van der Waals surface area (Å²) in [6.07, 6.45) is 3.80. The van der Waals surface area contributed by atoms with Crippen LogP contribution < -0.4 is 5.73 Å². The predicted molar refractivity (Wildman–Crippen MR) is 68.0 cm³/mol. The molecule has 2 fully saturated rings. The van der Waals surface area contributed by atoms with Crippen LogP contribution in [0.2, 0.25) is 0 Å². The van der Waals surface area contributed by atoms with Crippen LogP contribution in [0, 0.1) is 5.92 Å². The van der Waals surface area contributed by atoms with Crippen LogP contribution in [0.15, 0.2) is 0 Å². The third-order valence-corrected chi connectivity index (χ3v) is 4.49. The number of ether oxygens (including phenoxy) is 2. The lowest BCUT2D eigenvalue weighted by atomic mass is 9.92. The smallest absolute Gasteiger partial charge is 0.0599 e. The summed E-state index contributed by atoms with van der Waals surface area (Å²) >= 11 is 0. The first-order valence-electron chi connectivity index (χ1n) is 6.82. The topological polar surface area (TPSA) is 47.7 Å². The average Bonchev–Trinajstić information content (AvgIpc) is 2.91. The molecule has 0 spiro atoms. The Bertz CT molecular complexity index is 231. The van der Waals surface area contributed by atoms with E-state index in [1.54, 1.807) is 0 Å². The van der Waals surface area contributed by atoms with Crippen LogP contribution in [0.4, 0.5) is 0 Å². The van der Waals surface area contributed by atoms with Gasteiger partial charge < -0.3 is 15.2 Å². The van der Waals surface area contributed by atoms with E-state index in [2.05, 4.69) is 11.8 Å². The van der Waals surface area contributed by atoms with Crippen molar-refractivity contribution < 1.29 is 9.47 Å². The van der Waals surface area contributed by atoms with Crippen molar-refractivity contribution in [3.05, 3.63) is 0 Å². The van der Waals surface area contributed by atoms with Crippen molar-refractivity contribution in [1.29, 1.82) is 0 Å². The summed E-state index contributed by atoms with van der Waals surface area (Å²) in [6, 6.07) is 1.06. The number of methoxy groups -OCH3 is 1. The van der Waals surface area contributed by atoms with Crippen molar-refractivity contribution in [2.75, 3.05) is 33.4 Å². The number of nitrogens with zero attached hydrogens (tertiary/aromatic N) is 1. The molecule has 4 atom stereocenters. The maximum Gasteiger partial charge on any atom is 0.0599 e. The monoisotopic (exact) mass is 242 g/mol. The van der Waals surface area contributed by atoms with E-state index in [4.69, 9.17) is 15.2 Å². The fraction of sp³-hybridized carbons (Fsp3) is 1.00. The van der Waals surface area contributed by atoms with Crippen LogP contribution in [0.25, 0.3) is 0 Å². The Hall–Kier alpha value is -0.160. The van der Waals surface area contributed by atoms with Gasteiger partial charge in [-0.1, -0.05) is 0 Å². The van der Waals surface area contributed by atoms with Crippen molar-refractivity contribution in [3.63, 3.8) is 0 Å². The van der Waals surface area contributed by atoms with E-state index in [-0.39, 0.29) is 0 Å². The summed E-state index contributed by atoms with van der Waals surface area (Å²) in [5, 5.41) is 0. The molecule has 4 nitrogen and oxygen atoms in total. The molecule has 4 unspecified atom stereocenters. The highest BCUT2D eigenvalue weighted by atomic mass is 16.5. The Balaban J connectivity index is 1.94. The van der Waals surface area contributed by atoms with E-state index >= 15 is 0 Å². The number of hydrogen-bond donors (Lipinski definition) is 1. The molecule has 0 aromatic heterocycles. The van der Waals surface area contributed by atoms with Gasteiger partial charge >= 0.3 is 0 Å². The van der Waals surface area contributed by atoms with Gasteiger partial charge in [-0.2, -0.15) is 0 Å². The molecule has 17 heavy (non-hydrogen) atoms. The third kappa shape index (κ3) is 2.99. The first kappa shape index (κ1) is 13.3. The predicted octanol–water partition coefficient (Wildman–Crippen LogP) is 0.850. The summed E-state index contributed by atoms with van der Waals surface area (Å²) in [4.78, 5) is 2.58. The largest absolute Gasteiger partial charge is 0.381 e. The minimum atomic E-state index is 0.395. The minimum absolute atomic E-state index is 0.395. The van der Waals surface area contributed by atoms with Crippen molar-refractivity contribution in [2.24, 2.45) is 11.7 Å². The first-order chi connectivity index (χ1) is 8.26. The van der Waals surface area contributed by atoms with Gasteiger partial charge in [-0.05, 0) is 32.1 Å². The number of hydrogen-bond acceptors (Lipinski definition) is 4. The molecule has 0 aromatic rings. The molecule has 2 rings (SSSR count). The van der Waals surface area contributed by atoms with Gasteiger partial charge in [0.25, 0.3) is 0 Å². The molecule has 2 aliphatic rings. The molecule has 2 saturated heterocycles. The minimum Gasteiger partial charge on any atom is -0.381 e. The molecule has 100 valence electrons. The summed E-state index contributed by atoms with van der Waals surface area (Å²) in [5.74, 6) is 0.683. The van der Waals surface area contributed by atoms with Crippen LogP contribution in [-0.4, -0.2) is 56.5 Å². The van der Waals surface area contributed by atoms with E-state index in [0.717, 1.165) is 39.1 Å². The van der Waals surface area contributed by atoms with Gasteiger partial charge in [0.1, 0.15) is 0 Å². The van der Waals surface area contributed by atoms with Crippen LogP contribution in [0.3, 0.4) is 0 Å². The van der Waals surface area contributed by atoms with Gasteiger partial charge in [0, 0.05) is 38.9 Å². The highest BCUT2D eigenvalue weighted by Gasteiger charge is 2.34. The summed E-state index contributed by atoms with van der Waals surface area (Å²) in [7, 11) is 1.81. The fourth-order valence-corrected chi connectivity index (χ4v) is 3.22. The summed E-state index contributed by atoms with van der Waals surface area (Å²) in [5.41, 5.74) is 5.92. The molecule has 0 bridgehead atoms. The maximum atomic E-state index is 5.92. The number of piperidine rings is 1. The number of likely N-dealkylation sites (tertiary alicyclic amines) is 1. The zero-order valence-electron chi connectivity index (χ0n) is 11.1. The molecule has 0 saturated carbocycles. The van der Waals surface area contributed by atoms with E-state index in [0.29, 0.717) is 24.1 Å². The lowest BCUT2D eigenvalue weighted by Crippen LogP contribution is -2.54. The second-order valence-corrected chi connectivity index (χ2v) is 5.37. The quantitative estimate of drug-likeness (QED) is 0.794. The molecule has 4 heteroatoms. The number of nitrogens with two attached hydrogens (primary N) is 1.